The number of benzene rings is 1. The van der Waals surface area contributed by atoms with E-state index < -0.39 is 12.0 Å². The van der Waals surface area contributed by atoms with E-state index in [1.165, 1.54) is 12.1 Å². The molecule has 0 aliphatic rings. The van der Waals surface area contributed by atoms with Gasteiger partial charge in [0.25, 0.3) is 5.69 Å². The normalized spacial score (nSPS) is 10.0. The van der Waals surface area contributed by atoms with Gasteiger partial charge in [0.05, 0.1) is 4.92 Å². The van der Waals surface area contributed by atoms with Crippen LogP contribution in [0.25, 0.3) is 0 Å². The molecular weight excluding hydrogens is 185 g/mol. The van der Waals surface area contributed by atoms with Gasteiger partial charge in [0.2, 0.25) is 0 Å². The summed E-state index contributed by atoms with van der Waals surface area (Å²) >= 11 is 0. The number of hydrogen-bond acceptors (Lipinski definition) is 4. The first-order valence-corrected chi connectivity index (χ1v) is 4.05. The third-order valence-electron chi connectivity index (χ3n) is 2.05. The monoisotopic (exact) mass is 195 g/mol. The largest absolute Gasteiger partial charge is 0.488 e. The van der Waals surface area contributed by atoms with Gasteiger partial charge in [-0.1, -0.05) is 0 Å². The van der Waals surface area contributed by atoms with Crippen LogP contribution in [-0.4, -0.2) is 22.1 Å². The molecule has 14 heavy (non-hydrogen) atoms. The Labute approximate surface area is 81.3 Å². The van der Waals surface area contributed by atoms with Crippen LogP contribution < -0.4 is 5.46 Å². The lowest BCUT2D eigenvalue weighted by Gasteiger charge is -2.07. The van der Waals surface area contributed by atoms with Crippen LogP contribution in [0.3, 0.4) is 0 Å². The van der Waals surface area contributed by atoms with Gasteiger partial charge in [-0.2, -0.15) is 0 Å². The summed E-state index contributed by atoms with van der Waals surface area (Å²) in [7, 11) is -1.59. The summed E-state index contributed by atoms with van der Waals surface area (Å²) in [6, 6.07) is 2.64. The molecule has 0 unspecified atom stereocenters. The van der Waals surface area contributed by atoms with Gasteiger partial charge in [-0.15, -0.1) is 0 Å². The molecule has 0 radical (unpaired) electrons. The van der Waals surface area contributed by atoms with Crippen LogP contribution in [0.1, 0.15) is 11.1 Å². The Kier molecular flexibility index (Phi) is 2.88. The van der Waals surface area contributed by atoms with Crippen molar-refractivity contribution in [1.82, 2.24) is 0 Å². The van der Waals surface area contributed by atoms with Crippen molar-refractivity contribution in [2.24, 2.45) is 0 Å². The van der Waals surface area contributed by atoms with E-state index in [1.54, 1.807) is 13.8 Å². The van der Waals surface area contributed by atoms with Gasteiger partial charge in [-0.25, -0.2) is 0 Å². The summed E-state index contributed by atoms with van der Waals surface area (Å²) in [5, 5.41) is 28.5. The molecule has 0 spiro atoms. The van der Waals surface area contributed by atoms with E-state index in [0.717, 1.165) is 0 Å². The molecule has 1 aromatic carbocycles. The van der Waals surface area contributed by atoms with E-state index in [-0.39, 0.29) is 5.69 Å². The maximum Gasteiger partial charge on any atom is 0.488 e. The van der Waals surface area contributed by atoms with Gasteiger partial charge in [0, 0.05) is 12.1 Å². The highest BCUT2D eigenvalue weighted by Crippen LogP contribution is 2.14. The molecule has 74 valence electrons. The zero-order valence-electron chi connectivity index (χ0n) is 7.89. The highest BCUT2D eigenvalue weighted by Gasteiger charge is 2.20. The van der Waals surface area contributed by atoms with Crippen LogP contribution in [0.5, 0.6) is 0 Å². The average molecular weight is 195 g/mol. The topological polar surface area (TPSA) is 83.6 Å². The molecule has 2 N–H and O–H groups in total. The maximum atomic E-state index is 10.5. The number of hydrogen-bond donors (Lipinski definition) is 2. The smallest absolute Gasteiger partial charge is 0.423 e. The minimum Gasteiger partial charge on any atom is -0.423 e. The van der Waals surface area contributed by atoms with Gasteiger partial charge in [-0.05, 0) is 30.4 Å². The Bertz CT molecular complexity index is 355. The lowest BCUT2D eigenvalue weighted by molar-refractivity contribution is -0.384. The Hall–Kier alpha value is -1.40. The number of aryl methyl sites for hydroxylation is 2. The fourth-order valence-corrected chi connectivity index (χ4v) is 1.46. The Balaban J connectivity index is 3.32. The Morgan fingerprint density at radius 3 is 2.00 bits per heavy atom. The molecule has 0 heterocycles. The van der Waals surface area contributed by atoms with E-state index in [0.29, 0.717) is 16.6 Å². The van der Waals surface area contributed by atoms with Gasteiger partial charge >= 0.3 is 7.12 Å². The molecule has 1 aromatic rings. The second-order valence-electron chi connectivity index (χ2n) is 3.12. The number of nitro groups is 1. The van der Waals surface area contributed by atoms with Crippen LogP contribution in [0.15, 0.2) is 12.1 Å². The van der Waals surface area contributed by atoms with E-state index >= 15 is 0 Å². The van der Waals surface area contributed by atoms with Crippen molar-refractivity contribution in [3.8, 4) is 0 Å². The number of nitrogens with zero attached hydrogens (tertiary/aromatic N) is 1. The quantitative estimate of drug-likeness (QED) is 0.391. The number of non-ortho nitro benzene ring substituents is 1. The lowest BCUT2D eigenvalue weighted by atomic mass is 9.74. The minimum absolute atomic E-state index is 0.0376. The predicted molar refractivity (Wildman–Crippen MR) is 52.4 cm³/mol. The second-order valence-corrected chi connectivity index (χ2v) is 3.12. The van der Waals surface area contributed by atoms with Gasteiger partial charge < -0.3 is 10.0 Å². The standard InChI is InChI=1S/C8H10BNO4/c1-5-3-7(10(13)14)4-6(2)8(5)9(11)12/h3-4,11-12H,1-2H3. The van der Waals surface area contributed by atoms with Crippen LogP contribution in [0.4, 0.5) is 5.69 Å². The van der Waals surface area contributed by atoms with E-state index in [1.807, 2.05) is 0 Å². The third-order valence-corrected chi connectivity index (χ3v) is 2.05. The van der Waals surface area contributed by atoms with Crippen LogP contribution in [-0.2, 0) is 0 Å². The first-order chi connectivity index (χ1) is 6.43. The van der Waals surface area contributed by atoms with Crippen molar-refractivity contribution in [3.63, 3.8) is 0 Å². The molecule has 0 fully saturated rings. The molecule has 6 heteroatoms. The van der Waals surface area contributed by atoms with Crippen molar-refractivity contribution in [1.29, 1.82) is 0 Å². The van der Waals surface area contributed by atoms with Gasteiger partial charge in [0.15, 0.2) is 0 Å². The molecule has 0 amide bonds. The highest BCUT2D eigenvalue weighted by atomic mass is 16.6. The summed E-state index contributed by atoms with van der Waals surface area (Å²) in [4.78, 5) is 9.96. The molecule has 5 nitrogen and oxygen atoms in total. The molecule has 0 aromatic heterocycles. The molecule has 0 saturated heterocycles. The minimum atomic E-state index is -1.59. The van der Waals surface area contributed by atoms with Crippen molar-refractivity contribution < 1.29 is 15.0 Å². The third kappa shape index (κ3) is 1.91. The van der Waals surface area contributed by atoms with E-state index in [9.17, 15) is 10.1 Å². The van der Waals surface area contributed by atoms with E-state index in [4.69, 9.17) is 10.0 Å². The molecule has 0 saturated carbocycles. The molecule has 1 rings (SSSR count). The van der Waals surface area contributed by atoms with Crippen LogP contribution in [0.2, 0.25) is 0 Å². The van der Waals surface area contributed by atoms with Crippen molar-refractivity contribution in [2.45, 2.75) is 13.8 Å². The fraction of sp³-hybridized carbons (Fsp3) is 0.250. The predicted octanol–water partition coefficient (Wildman–Crippen LogP) is -0.109. The van der Waals surface area contributed by atoms with E-state index in [2.05, 4.69) is 0 Å². The number of rotatable bonds is 2. The summed E-state index contributed by atoms with van der Waals surface area (Å²) in [5.41, 5.74) is 1.30. The van der Waals surface area contributed by atoms with Crippen LogP contribution in [0, 0.1) is 24.0 Å². The summed E-state index contributed by atoms with van der Waals surface area (Å²) < 4.78 is 0. The fourth-order valence-electron chi connectivity index (χ4n) is 1.46. The Morgan fingerprint density at radius 2 is 1.71 bits per heavy atom. The SMILES string of the molecule is Cc1cc([N+](=O)[O-])cc(C)c1B(O)O. The second kappa shape index (κ2) is 3.77. The first kappa shape index (κ1) is 10.7. The van der Waals surface area contributed by atoms with Crippen molar-refractivity contribution in [2.75, 3.05) is 0 Å². The average Bonchev–Trinajstić information content (AvgIpc) is 2.01. The van der Waals surface area contributed by atoms with Crippen LogP contribution >= 0.6 is 0 Å². The molecule has 0 bridgehead atoms. The zero-order chi connectivity index (χ0) is 10.9. The van der Waals surface area contributed by atoms with Gasteiger partial charge in [0.1, 0.15) is 0 Å². The molecule has 0 aliphatic heterocycles. The summed E-state index contributed by atoms with van der Waals surface area (Å²) in [5.74, 6) is 0. The number of nitro benzene ring substituents is 1. The maximum absolute atomic E-state index is 10.5. The molecule has 0 aliphatic carbocycles. The lowest BCUT2D eigenvalue weighted by Crippen LogP contribution is -2.34. The summed E-state index contributed by atoms with van der Waals surface area (Å²) in [6.45, 7) is 3.21. The molecule has 0 atom stereocenters. The van der Waals surface area contributed by atoms with Crippen molar-refractivity contribution in [3.05, 3.63) is 33.4 Å². The van der Waals surface area contributed by atoms with Crippen molar-refractivity contribution >= 4 is 18.3 Å². The molecular formula is C8H10BNO4. The summed E-state index contributed by atoms with van der Waals surface area (Å²) in [6.07, 6.45) is 0. The zero-order valence-corrected chi connectivity index (χ0v) is 7.89. The first-order valence-electron chi connectivity index (χ1n) is 4.05. The Morgan fingerprint density at radius 1 is 1.29 bits per heavy atom. The van der Waals surface area contributed by atoms with Gasteiger partial charge in [-0.3, -0.25) is 10.1 Å². The highest BCUT2D eigenvalue weighted by molar-refractivity contribution is 6.59.